The third-order valence-corrected chi connectivity index (χ3v) is 4.57. The number of carbonyl (C=O) groups is 1. The average molecular weight is 390 g/mol. The molecule has 0 aliphatic carbocycles. The van der Waals surface area contributed by atoms with Crippen molar-refractivity contribution in [1.29, 1.82) is 0 Å². The number of carbonyl (C=O) groups excluding carboxylic acids is 1. The minimum atomic E-state index is -0.472. The summed E-state index contributed by atoms with van der Waals surface area (Å²) in [6.45, 7) is 9.75. The van der Waals surface area contributed by atoms with E-state index in [2.05, 4.69) is 15.3 Å². The number of hydrogen-bond acceptors (Lipinski definition) is 7. The van der Waals surface area contributed by atoms with Crippen LogP contribution in [0.2, 0.25) is 0 Å². The topological polar surface area (TPSA) is 91.6 Å². The lowest BCUT2D eigenvalue weighted by atomic mass is 10.0. The Labute approximate surface area is 166 Å². The fraction of sp³-hybridized carbons (Fsp3) is 0.650. The third kappa shape index (κ3) is 7.34. The number of nitroso groups, excluding NO2 is 2. The van der Waals surface area contributed by atoms with Crippen LogP contribution in [-0.2, 0) is 24.2 Å². The van der Waals surface area contributed by atoms with Gasteiger partial charge in [0, 0.05) is 26.2 Å². The van der Waals surface area contributed by atoms with Crippen molar-refractivity contribution in [2.75, 3.05) is 32.7 Å². The van der Waals surface area contributed by atoms with Crippen molar-refractivity contribution in [2.24, 2.45) is 10.4 Å². The highest BCUT2D eigenvalue weighted by molar-refractivity contribution is 5.68. The molecule has 1 aromatic rings. The minimum absolute atomic E-state index is 0.103. The van der Waals surface area contributed by atoms with Crippen molar-refractivity contribution in [1.82, 2.24) is 9.80 Å². The second-order valence-electron chi connectivity index (χ2n) is 8.14. The molecule has 28 heavy (non-hydrogen) atoms. The van der Waals surface area contributed by atoms with Gasteiger partial charge in [0.2, 0.25) is 0 Å². The van der Waals surface area contributed by atoms with Crippen LogP contribution in [0.4, 0.5) is 4.79 Å². The zero-order valence-electron chi connectivity index (χ0n) is 17.0. The Kier molecular flexibility index (Phi) is 8.04. The molecule has 1 fully saturated rings. The highest BCUT2D eigenvalue weighted by Gasteiger charge is 2.25. The molecule has 2 rings (SSSR count). The quantitative estimate of drug-likeness (QED) is 0.631. The second kappa shape index (κ2) is 10.3. The number of amides is 1. The maximum absolute atomic E-state index is 12.1. The van der Waals surface area contributed by atoms with Gasteiger partial charge in [-0.2, -0.15) is 9.81 Å². The van der Waals surface area contributed by atoms with Crippen LogP contribution in [0.25, 0.3) is 0 Å². The summed E-state index contributed by atoms with van der Waals surface area (Å²) in [7, 11) is 0. The summed E-state index contributed by atoms with van der Waals surface area (Å²) >= 11 is 0. The predicted molar refractivity (Wildman–Crippen MR) is 108 cm³/mol. The van der Waals surface area contributed by atoms with Crippen LogP contribution in [0.3, 0.4) is 0 Å². The lowest BCUT2D eigenvalue weighted by Gasteiger charge is -2.35. The molecular formula is C20H30N4O4. The molecule has 154 valence electrons. The maximum Gasteiger partial charge on any atom is 0.410 e. The van der Waals surface area contributed by atoms with Crippen LogP contribution >= 0.6 is 0 Å². The lowest BCUT2D eigenvalue weighted by Crippen LogP contribution is -2.50. The van der Waals surface area contributed by atoms with Crippen molar-refractivity contribution in [2.45, 2.75) is 52.3 Å². The largest absolute Gasteiger partial charge is 0.444 e. The van der Waals surface area contributed by atoms with Gasteiger partial charge in [0.25, 0.3) is 0 Å². The summed E-state index contributed by atoms with van der Waals surface area (Å²) < 4.78 is 5.42. The second-order valence-corrected chi connectivity index (χ2v) is 8.14. The summed E-state index contributed by atoms with van der Waals surface area (Å²) in [5.74, 6) is 0. The van der Waals surface area contributed by atoms with Gasteiger partial charge < -0.3 is 9.64 Å². The molecule has 0 N–H and O–H groups in total. The molecule has 1 aliphatic rings. The van der Waals surface area contributed by atoms with Crippen molar-refractivity contribution in [3.05, 3.63) is 44.7 Å². The van der Waals surface area contributed by atoms with Gasteiger partial charge in [0.15, 0.2) is 0 Å². The Bertz CT molecular complexity index is 651. The van der Waals surface area contributed by atoms with E-state index in [0.29, 0.717) is 13.1 Å². The molecule has 8 heteroatoms. The molecule has 1 saturated heterocycles. The molecule has 0 aromatic heterocycles. The Balaban J connectivity index is 1.79. The number of ether oxygens (including phenoxy) is 1. The van der Waals surface area contributed by atoms with E-state index >= 15 is 0 Å². The van der Waals surface area contributed by atoms with Crippen molar-refractivity contribution < 1.29 is 9.53 Å². The summed E-state index contributed by atoms with van der Waals surface area (Å²) in [4.78, 5) is 37.3. The molecule has 1 aromatic carbocycles. The average Bonchev–Trinajstić information content (AvgIpc) is 2.61. The third-order valence-electron chi connectivity index (χ3n) is 4.57. The van der Waals surface area contributed by atoms with Crippen LogP contribution in [0, 0.1) is 9.81 Å². The molecule has 1 amide bonds. The number of aryl methyl sites for hydroxylation is 1. The van der Waals surface area contributed by atoms with Gasteiger partial charge in [-0.05, 0) is 56.8 Å². The van der Waals surface area contributed by atoms with Crippen LogP contribution in [-0.4, -0.2) is 54.2 Å². The zero-order valence-corrected chi connectivity index (χ0v) is 17.0. The Morgan fingerprint density at radius 3 is 2.00 bits per heavy atom. The summed E-state index contributed by atoms with van der Waals surface area (Å²) in [6, 6.07) is 5.74. The highest BCUT2D eigenvalue weighted by atomic mass is 16.6. The van der Waals surface area contributed by atoms with E-state index in [1.807, 2.05) is 39.0 Å². The summed E-state index contributed by atoms with van der Waals surface area (Å²) in [6.07, 6.45) is 1.56. The number of nitrogens with zero attached hydrogens (tertiary/aromatic N) is 4. The SMILES string of the molecule is CC(C)(C)OC(=O)N1CCN(CCCc2cc(CN=O)cc(CN=O)c2)CC1. The van der Waals surface area contributed by atoms with E-state index in [4.69, 9.17) is 4.74 Å². The molecule has 0 bridgehead atoms. The van der Waals surface area contributed by atoms with E-state index in [0.717, 1.165) is 49.2 Å². The number of benzene rings is 1. The molecule has 1 heterocycles. The molecule has 0 unspecified atom stereocenters. The van der Waals surface area contributed by atoms with Crippen LogP contribution in [0.15, 0.2) is 28.6 Å². The number of piperazine rings is 1. The lowest BCUT2D eigenvalue weighted by molar-refractivity contribution is 0.0145. The van der Waals surface area contributed by atoms with E-state index in [1.165, 1.54) is 0 Å². The monoisotopic (exact) mass is 390 g/mol. The molecule has 0 spiro atoms. The van der Waals surface area contributed by atoms with Crippen LogP contribution < -0.4 is 0 Å². The van der Waals surface area contributed by atoms with Gasteiger partial charge in [-0.1, -0.05) is 28.6 Å². The predicted octanol–water partition coefficient (Wildman–Crippen LogP) is 3.70. The Morgan fingerprint density at radius 2 is 1.50 bits per heavy atom. The Hall–Kier alpha value is -2.35. The molecule has 0 saturated carbocycles. The van der Waals surface area contributed by atoms with Crippen LogP contribution in [0.1, 0.15) is 43.9 Å². The fourth-order valence-corrected chi connectivity index (χ4v) is 3.30. The molecule has 8 nitrogen and oxygen atoms in total. The number of rotatable bonds is 8. The van der Waals surface area contributed by atoms with Gasteiger partial charge in [0.05, 0.1) is 0 Å². The summed E-state index contributed by atoms with van der Waals surface area (Å²) in [5.41, 5.74) is 2.25. The van der Waals surface area contributed by atoms with Gasteiger partial charge in [-0.3, -0.25) is 4.90 Å². The van der Waals surface area contributed by atoms with Gasteiger partial charge >= 0.3 is 6.09 Å². The molecular weight excluding hydrogens is 360 g/mol. The highest BCUT2D eigenvalue weighted by Crippen LogP contribution is 2.16. The molecule has 0 atom stereocenters. The van der Waals surface area contributed by atoms with E-state index in [1.54, 1.807) is 4.90 Å². The van der Waals surface area contributed by atoms with E-state index in [-0.39, 0.29) is 19.2 Å². The smallest absolute Gasteiger partial charge is 0.410 e. The van der Waals surface area contributed by atoms with E-state index < -0.39 is 5.60 Å². The normalized spacial score (nSPS) is 15.3. The summed E-state index contributed by atoms with van der Waals surface area (Å²) in [5, 5.41) is 5.87. The zero-order chi connectivity index (χ0) is 20.6. The van der Waals surface area contributed by atoms with Crippen molar-refractivity contribution >= 4 is 6.09 Å². The van der Waals surface area contributed by atoms with Gasteiger partial charge in [-0.25, -0.2) is 4.79 Å². The van der Waals surface area contributed by atoms with Crippen LogP contribution in [0.5, 0.6) is 0 Å². The number of hydrogen-bond donors (Lipinski definition) is 0. The first-order chi connectivity index (χ1) is 13.3. The first-order valence-electron chi connectivity index (χ1n) is 9.71. The molecule has 1 aliphatic heterocycles. The van der Waals surface area contributed by atoms with E-state index in [9.17, 15) is 14.6 Å². The first kappa shape index (κ1) is 21.9. The molecule has 0 radical (unpaired) electrons. The fourth-order valence-electron chi connectivity index (χ4n) is 3.30. The van der Waals surface area contributed by atoms with Gasteiger partial charge in [-0.15, -0.1) is 0 Å². The Morgan fingerprint density at radius 1 is 0.964 bits per heavy atom. The van der Waals surface area contributed by atoms with Gasteiger partial charge in [0.1, 0.15) is 18.7 Å². The standard InChI is InChI=1S/C20H30N4O4/c1-20(2,3)28-19(25)24-9-7-23(8-10-24)6-4-5-16-11-17(14-21-26)13-18(12-16)15-22-27/h11-13H,4-10,14-15H2,1-3H3. The maximum atomic E-state index is 12.1. The van der Waals surface area contributed by atoms with Crippen molar-refractivity contribution in [3.8, 4) is 0 Å². The van der Waals surface area contributed by atoms with Crippen molar-refractivity contribution in [3.63, 3.8) is 0 Å². The minimum Gasteiger partial charge on any atom is -0.444 e. The first-order valence-corrected chi connectivity index (χ1v) is 9.71.